The summed E-state index contributed by atoms with van der Waals surface area (Å²) in [5.74, 6) is -4.46. The highest BCUT2D eigenvalue weighted by Crippen LogP contribution is 2.14. The van der Waals surface area contributed by atoms with E-state index < -0.39 is 71.7 Å². The van der Waals surface area contributed by atoms with Crippen molar-refractivity contribution in [1.29, 1.82) is 0 Å². The molecule has 0 spiro atoms. The Labute approximate surface area is 331 Å². The Balaban J connectivity index is 5.05. The van der Waals surface area contributed by atoms with Gasteiger partial charge in [-0.15, -0.1) is 0 Å². The average Bonchev–Trinajstić information content (AvgIpc) is 3.12. The first-order valence-corrected chi connectivity index (χ1v) is 20.9. The van der Waals surface area contributed by atoms with Crippen molar-refractivity contribution in [3.63, 3.8) is 0 Å². The van der Waals surface area contributed by atoms with Crippen LogP contribution in [0.4, 0.5) is 0 Å². The summed E-state index contributed by atoms with van der Waals surface area (Å²) in [7, 11) is 1.44. The van der Waals surface area contributed by atoms with E-state index in [1.165, 1.54) is 92.0 Å². The molecule has 0 saturated carbocycles. The number of amides is 7. The third kappa shape index (κ3) is 21.8. The van der Waals surface area contributed by atoms with E-state index in [0.29, 0.717) is 6.42 Å². The molecule has 0 aliphatic carbocycles. The van der Waals surface area contributed by atoms with E-state index in [9.17, 15) is 33.6 Å². The van der Waals surface area contributed by atoms with E-state index in [0.717, 1.165) is 19.3 Å². The van der Waals surface area contributed by atoms with Crippen LogP contribution in [-0.4, -0.2) is 84.6 Å². The Morgan fingerprint density at radius 3 is 1.00 bits per heavy atom. The molecule has 0 aliphatic heterocycles. The molecule has 0 aromatic heterocycles. The second kappa shape index (κ2) is 28.7. The summed E-state index contributed by atoms with van der Waals surface area (Å²) in [5, 5.41) is 18.4. The summed E-state index contributed by atoms with van der Waals surface area (Å²) in [6.07, 6.45) is 16.1. The maximum absolute atomic E-state index is 13.6. The molecule has 6 atom stereocenters. The van der Waals surface area contributed by atoms with Crippen molar-refractivity contribution in [2.75, 3.05) is 7.05 Å². The number of likely N-dealkylation sites (N-methyl/N-ethyl adjacent to an activating group) is 1. The standard InChI is InChI=1S/C41H77N7O7/c1-12-13-14-15-16-17-18-19-20-21-22-23-24-25-32(49)46-33(26(2)3)40(54)48-35(28(6)7)41(55)47-34(27(4)5)39(53)45-31(10)38(52)44-30(9)37(51)43-29(8)36(50)42-11/h26-31,33-35H,12-25H2,1-11H3,(H,42,50)(H,43,51)(H,44,52)(H,45,53)(H,46,49)(H,47,55)(H,48,54)/t29-,30-,31-,33-,34-,35-/m0/s1. The lowest BCUT2D eigenvalue weighted by molar-refractivity contribution is -0.136. The monoisotopic (exact) mass is 780 g/mol. The lowest BCUT2D eigenvalue weighted by Gasteiger charge is -2.30. The van der Waals surface area contributed by atoms with E-state index in [4.69, 9.17) is 0 Å². The zero-order chi connectivity index (χ0) is 42.1. The van der Waals surface area contributed by atoms with Crippen LogP contribution >= 0.6 is 0 Å². The van der Waals surface area contributed by atoms with Crippen LogP contribution in [0.25, 0.3) is 0 Å². The number of rotatable bonds is 29. The fourth-order valence-corrected chi connectivity index (χ4v) is 6.03. The van der Waals surface area contributed by atoms with Gasteiger partial charge in [-0.2, -0.15) is 0 Å². The van der Waals surface area contributed by atoms with E-state index >= 15 is 0 Å². The van der Waals surface area contributed by atoms with Gasteiger partial charge < -0.3 is 37.2 Å². The molecule has 0 aromatic carbocycles. The number of unbranched alkanes of at least 4 members (excludes halogenated alkanes) is 12. The molecular weight excluding hydrogens is 702 g/mol. The molecule has 0 heterocycles. The first-order valence-electron chi connectivity index (χ1n) is 20.9. The molecule has 7 N–H and O–H groups in total. The van der Waals surface area contributed by atoms with Gasteiger partial charge in [-0.3, -0.25) is 33.6 Å². The SMILES string of the molecule is CCCCCCCCCCCCCCCC(=O)N[C@H](C(=O)N[C@H](C(=O)N[C@H](C(=O)N[C@@H](C)C(=O)N[C@@H](C)C(=O)N[C@@H](C)C(=O)NC)C(C)C)C(C)C)C(C)C. The van der Waals surface area contributed by atoms with Crippen LogP contribution in [-0.2, 0) is 33.6 Å². The third-order valence-electron chi connectivity index (χ3n) is 9.77. The van der Waals surface area contributed by atoms with E-state index in [2.05, 4.69) is 44.1 Å². The molecule has 0 saturated heterocycles. The quantitative estimate of drug-likeness (QED) is 0.0553. The Bertz CT molecular complexity index is 1190. The van der Waals surface area contributed by atoms with Gasteiger partial charge in [0.25, 0.3) is 0 Å². The van der Waals surface area contributed by atoms with Gasteiger partial charge >= 0.3 is 0 Å². The second-order valence-electron chi connectivity index (χ2n) is 16.0. The average molecular weight is 780 g/mol. The van der Waals surface area contributed by atoms with Crippen LogP contribution in [0, 0.1) is 17.8 Å². The van der Waals surface area contributed by atoms with Crippen molar-refractivity contribution in [2.45, 2.75) is 195 Å². The van der Waals surface area contributed by atoms with Crippen molar-refractivity contribution in [2.24, 2.45) is 17.8 Å². The highest BCUT2D eigenvalue weighted by molar-refractivity contribution is 5.97. The van der Waals surface area contributed by atoms with Crippen molar-refractivity contribution in [3.05, 3.63) is 0 Å². The zero-order valence-electron chi connectivity index (χ0n) is 36.0. The Morgan fingerprint density at radius 1 is 0.364 bits per heavy atom. The lowest BCUT2D eigenvalue weighted by atomic mass is 9.97. The van der Waals surface area contributed by atoms with Crippen LogP contribution in [0.2, 0.25) is 0 Å². The zero-order valence-corrected chi connectivity index (χ0v) is 36.0. The molecule has 0 fully saturated rings. The van der Waals surface area contributed by atoms with Gasteiger partial charge in [0, 0.05) is 13.5 Å². The van der Waals surface area contributed by atoms with Gasteiger partial charge in [-0.25, -0.2) is 0 Å². The van der Waals surface area contributed by atoms with Gasteiger partial charge in [0.05, 0.1) is 0 Å². The summed E-state index contributed by atoms with van der Waals surface area (Å²) in [6.45, 7) is 17.3. The highest BCUT2D eigenvalue weighted by Gasteiger charge is 2.34. The van der Waals surface area contributed by atoms with E-state index in [1.807, 2.05) is 13.8 Å². The van der Waals surface area contributed by atoms with Gasteiger partial charge in [-0.1, -0.05) is 126 Å². The van der Waals surface area contributed by atoms with Gasteiger partial charge in [0.15, 0.2) is 0 Å². The molecule has 0 bridgehead atoms. The summed E-state index contributed by atoms with van der Waals surface area (Å²) in [5.41, 5.74) is 0. The molecule has 318 valence electrons. The topological polar surface area (TPSA) is 204 Å². The maximum atomic E-state index is 13.6. The minimum absolute atomic E-state index is 0.203. The number of nitrogens with one attached hydrogen (secondary N) is 7. The molecule has 7 amide bonds. The highest BCUT2D eigenvalue weighted by atomic mass is 16.2. The van der Waals surface area contributed by atoms with Crippen LogP contribution in [0.5, 0.6) is 0 Å². The van der Waals surface area contributed by atoms with Crippen LogP contribution in [0.15, 0.2) is 0 Å². The van der Waals surface area contributed by atoms with Gasteiger partial charge in [0.1, 0.15) is 36.3 Å². The van der Waals surface area contributed by atoms with Crippen LogP contribution in [0.1, 0.15) is 159 Å². The molecular formula is C41H77N7O7. The second-order valence-corrected chi connectivity index (χ2v) is 16.0. The molecule has 0 radical (unpaired) electrons. The summed E-state index contributed by atoms with van der Waals surface area (Å²) in [6, 6.07) is -5.75. The van der Waals surface area contributed by atoms with Crippen LogP contribution in [0.3, 0.4) is 0 Å². The Kier molecular flexibility index (Phi) is 26.7. The number of carbonyl (C=O) groups excluding carboxylic acids is 7. The first kappa shape index (κ1) is 51.3. The third-order valence-corrected chi connectivity index (χ3v) is 9.77. The molecule has 55 heavy (non-hydrogen) atoms. The van der Waals surface area contributed by atoms with Gasteiger partial charge in [-0.05, 0) is 44.9 Å². The summed E-state index contributed by atoms with van der Waals surface area (Å²) in [4.78, 5) is 90.2. The van der Waals surface area contributed by atoms with E-state index in [-0.39, 0.29) is 23.7 Å². The van der Waals surface area contributed by atoms with Crippen molar-refractivity contribution in [3.8, 4) is 0 Å². The molecule has 0 rings (SSSR count). The smallest absolute Gasteiger partial charge is 0.243 e. The Hall–Kier alpha value is -3.71. The normalized spacial score (nSPS) is 14.6. The first-order chi connectivity index (χ1) is 25.9. The predicted octanol–water partition coefficient (Wildman–Crippen LogP) is 4.15. The number of hydrogen-bond donors (Lipinski definition) is 7. The van der Waals surface area contributed by atoms with Crippen molar-refractivity contribution >= 4 is 41.4 Å². The fraction of sp³-hybridized carbons (Fsp3) is 0.829. The fourth-order valence-electron chi connectivity index (χ4n) is 6.03. The maximum Gasteiger partial charge on any atom is 0.243 e. The Morgan fingerprint density at radius 2 is 0.655 bits per heavy atom. The van der Waals surface area contributed by atoms with Gasteiger partial charge in [0.2, 0.25) is 41.4 Å². The molecule has 0 aromatic rings. The minimum atomic E-state index is -1.06. The largest absolute Gasteiger partial charge is 0.357 e. The van der Waals surface area contributed by atoms with E-state index in [1.54, 1.807) is 27.7 Å². The predicted molar refractivity (Wildman–Crippen MR) is 217 cm³/mol. The van der Waals surface area contributed by atoms with Crippen molar-refractivity contribution < 1.29 is 33.6 Å². The number of carbonyl (C=O) groups is 7. The molecule has 14 nitrogen and oxygen atoms in total. The molecule has 0 unspecified atom stereocenters. The van der Waals surface area contributed by atoms with Crippen molar-refractivity contribution in [1.82, 2.24) is 37.2 Å². The molecule has 14 heteroatoms. The minimum Gasteiger partial charge on any atom is -0.357 e. The number of hydrogen-bond acceptors (Lipinski definition) is 7. The van der Waals surface area contributed by atoms with Crippen LogP contribution < -0.4 is 37.2 Å². The summed E-state index contributed by atoms with van der Waals surface area (Å²) >= 11 is 0. The lowest BCUT2D eigenvalue weighted by Crippen LogP contribution is -2.61. The summed E-state index contributed by atoms with van der Waals surface area (Å²) < 4.78 is 0. The molecule has 0 aliphatic rings.